The molecule has 3 amide bonds. The highest BCUT2D eigenvalue weighted by atomic mass is 16.5. The number of methoxy groups -OCH3 is 1. The summed E-state index contributed by atoms with van der Waals surface area (Å²) in [6.45, 7) is 0.0837. The van der Waals surface area contributed by atoms with Crippen LogP contribution in [-0.2, 0) is 35.1 Å². The van der Waals surface area contributed by atoms with E-state index >= 15 is 0 Å². The number of likely N-dealkylation sites (tertiary alicyclic amines) is 1. The number of carboxylic acids is 1. The first-order chi connectivity index (χ1) is 20.4. The molecule has 4 bridgehead atoms. The zero-order valence-electron chi connectivity index (χ0n) is 24.5. The number of ether oxygens (including phenoxy) is 1. The van der Waals surface area contributed by atoms with Gasteiger partial charge >= 0.3 is 11.9 Å². The van der Waals surface area contributed by atoms with Crippen LogP contribution in [0.1, 0.15) is 68.9 Å². The highest BCUT2D eigenvalue weighted by molar-refractivity contribution is 5.97. The van der Waals surface area contributed by atoms with E-state index in [9.17, 15) is 29.1 Å². The van der Waals surface area contributed by atoms with Crippen molar-refractivity contribution in [3.05, 3.63) is 35.4 Å². The summed E-state index contributed by atoms with van der Waals surface area (Å²) in [6, 6.07) is 3.43. The van der Waals surface area contributed by atoms with Crippen molar-refractivity contribution in [3.63, 3.8) is 0 Å². The summed E-state index contributed by atoms with van der Waals surface area (Å²) in [6.07, 6.45) is 6.77. The van der Waals surface area contributed by atoms with Crippen LogP contribution in [0.25, 0.3) is 0 Å². The Morgan fingerprint density at radius 3 is 2.23 bits per heavy atom. The summed E-state index contributed by atoms with van der Waals surface area (Å²) in [5.41, 5.74) is 6.62. The fraction of sp³-hybridized carbons (Fsp3) is 0.613. The van der Waals surface area contributed by atoms with Crippen LogP contribution in [0.15, 0.2) is 24.3 Å². The van der Waals surface area contributed by atoms with Gasteiger partial charge in [0.15, 0.2) is 0 Å². The fourth-order valence-electron chi connectivity index (χ4n) is 8.46. The zero-order chi connectivity index (χ0) is 30.9. The van der Waals surface area contributed by atoms with Crippen LogP contribution < -0.4 is 16.4 Å². The van der Waals surface area contributed by atoms with E-state index in [1.807, 2.05) is 0 Å². The van der Waals surface area contributed by atoms with Crippen LogP contribution in [0.2, 0.25) is 0 Å². The Morgan fingerprint density at radius 1 is 1.09 bits per heavy atom. The lowest BCUT2D eigenvalue weighted by Gasteiger charge is -2.57. The predicted molar refractivity (Wildman–Crippen MR) is 155 cm³/mol. The number of nitrogens with zero attached hydrogens (tertiary/aromatic N) is 1. The third-order valence-electron chi connectivity index (χ3n) is 9.86. The number of hydrogen-bond acceptors (Lipinski definition) is 7. The number of benzene rings is 1. The minimum Gasteiger partial charge on any atom is -0.481 e. The number of carbonyl (C=O) groups excluding carboxylic acids is 4. The maximum absolute atomic E-state index is 13.6. The Bertz CT molecular complexity index is 1260. The molecular formula is C31H41N5O7. The van der Waals surface area contributed by atoms with Crippen molar-refractivity contribution in [2.75, 3.05) is 13.7 Å². The number of carboxylic acid groups (broad SMARTS) is 1. The number of hydrogen-bond donors (Lipinski definition) is 5. The second-order valence-corrected chi connectivity index (χ2v) is 13.0. The third-order valence-corrected chi connectivity index (χ3v) is 9.86. The number of nitrogen functional groups attached to an aromatic ring is 1. The predicted octanol–water partition coefficient (Wildman–Crippen LogP) is 1.34. The van der Waals surface area contributed by atoms with E-state index in [0.29, 0.717) is 35.3 Å². The summed E-state index contributed by atoms with van der Waals surface area (Å²) < 4.78 is 5.05. The lowest BCUT2D eigenvalue weighted by molar-refractivity contribution is -0.150. The van der Waals surface area contributed by atoms with Crippen molar-refractivity contribution in [2.24, 2.45) is 28.9 Å². The van der Waals surface area contributed by atoms with E-state index in [0.717, 1.165) is 19.3 Å². The molecule has 4 aliphatic carbocycles. The van der Waals surface area contributed by atoms with E-state index in [2.05, 4.69) is 10.6 Å². The molecule has 1 aliphatic heterocycles. The minimum atomic E-state index is -1.34. The van der Waals surface area contributed by atoms with Crippen LogP contribution in [0.4, 0.5) is 0 Å². The molecule has 1 heterocycles. The van der Waals surface area contributed by atoms with Crippen molar-refractivity contribution in [2.45, 2.75) is 82.3 Å². The highest BCUT2D eigenvalue weighted by Gasteiger charge is 2.52. The summed E-state index contributed by atoms with van der Waals surface area (Å²) in [5, 5.41) is 22.5. The maximum Gasteiger partial charge on any atom is 0.328 e. The molecule has 43 heavy (non-hydrogen) atoms. The number of nitrogens with one attached hydrogen (secondary N) is 3. The maximum atomic E-state index is 13.6. The van der Waals surface area contributed by atoms with Gasteiger partial charge in [-0.25, -0.2) is 4.79 Å². The number of amides is 3. The topological polar surface area (TPSA) is 192 Å². The summed E-state index contributed by atoms with van der Waals surface area (Å²) in [4.78, 5) is 65.5. The molecule has 1 aromatic rings. The number of carbonyl (C=O) groups is 5. The van der Waals surface area contributed by atoms with E-state index in [1.165, 1.54) is 31.3 Å². The van der Waals surface area contributed by atoms with Gasteiger partial charge < -0.3 is 31.1 Å². The number of esters is 1. The molecule has 6 N–H and O–H groups in total. The molecule has 12 nitrogen and oxygen atoms in total. The molecule has 1 saturated heterocycles. The van der Waals surface area contributed by atoms with Crippen molar-refractivity contribution in [1.29, 1.82) is 5.41 Å². The second kappa shape index (κ2) is 12.3. The van der Waals surface area contributed by atoms with E-state index < -0.39 is 54.2 Å². The average Bonchev–Trinajstić information content (AvgIpc) is 3.29. The van der Waals surface area contributed by atoms with E-state index in [-0.39, 0.29) is 30.6 Å². The van der Waals surface area contributed by atoms with Crippen LogP contribution in [0, 0.1) is 28.6 Å². The lowest BCUT2D eigenvalue weighted by atomic mass is 9.48. The molecule has 12 heteroatoms. The molecule has 0 unspecified atom stereocenters. The van der Waals surface area contributed by atoms with Gasteiger partial charge in [0.1, 0.15) is 24.0 Å². The standard InChI is InChI=1S/C31H41N5O7/c1-43-30(42)23(16-31-13-18-8-19(14-31)10-20(9-18)15-31)35-28(40)24(12-26(38)39)36-7-6-22(29(36)41)34-25(37)11-17-2-4-21(5-3-17)27(32)33/h2-5,18-20,22-24H,6-16H2,1H3,(H3,32,33)(H,34,37)(H,35,40)(H,38,39)/t18?,19?,20?,22-,23-,24-,31?/m0/s1. The minimum absolute atomic E-state index is 0.00780. The van der Waals surface area contributed by atoms with Gasteiger partial charge in [0.25, 0.3) is 0 Å². The molecular weight excluding hydrogens is 554 g/mol. The number of rotatable bonds is 12. The zero-order valence-corrected chi connectivity index (χ0v) is 24.5. The van der Waals surface area contributed by atoms with Crippen molar-refractivity contribution < 1.29 is 33.8 Å². The monoisotopic (exact) mass is 595 g/mol. The molecule has 4 saturated carbocycles. The van der Waals surface area contributed by atoms with Crippen molar-refractivity contribution in [1.82, 2.24) is 15.5 Å². The molecule has 5 fully saturated rings. The van der Waals surface area contributed by atoms with Gasteiger partial charge in [-0.2, -0.15) is 0 Å². The van der Waals surface area contributed by atoms with E-state index in [4.69, 9.17) is 15.9 Å². The Morgan fingerprint density at radius 2 is 1.70 bits per heavy atom. The molecule has 0 aromatic heterocycles. The molecule has 232 valence electrons. The number of aliphatic carboxylic acids is 1. The molecule has 1 aromatic carbocycles. The van der Waals surface area contributed by atoms with Crippen LogP contribution >= 0.6 is 0 Å². The Labute approximate surface area is 250 Å². The van der Waals surface area contributed by atoms with Gasteiger partial charge in [0.2, 0.25) is 17.7 Å². The van der Waals surface area contributed by atoms with Gasteiger partial charge in [-0.3, -0.25) is 24.6 Å². The summed E-state index contributed by atoms with van der Waals surface area (Å²) in [5.74, 6) is -1.64. The normalized spacial score (nSPS) is 28.7. The smallest absolute Gasteiger partial charge is 0.328 e. The van der Waals surface area contributed by atoms with E-state index in [1.54, 1.807) is 24.3 Å². The van der Waals surface area contributed by atoms with Gasteiger partial charge in [0, 0.05) is 12.1 Å². The quantitative estimate of drug-likeness (QED) is 0.136. The van der Waals surface area contributed by atoms with Crippen molar-refractivity contribution in [3.8, 4) is 0 Å². The van der Waals surface area contributed by atoms with Crippen molar-refractivity contribution >= 4 is 35.5 Å². The Balaban J connectivity index is 1.23. The summed E-state index contributed by atoms with van der Waals surface area (Å²) in [7, 11) is 1.27. The first kappa shape index (κ1) is 30.5. The number of amidine groups is 1. The molecule has 0 spiro atoms. The molecule has 3 atom stereocenters. The second-order valence-electron chi connectivity index (χ2n) is 13.0. The SMILES string of the molecule is COC(=O)[C@H](CC12CC3CC(CC(C3)C1)C2)NC(=O)[C@H](CC(=O)O)N1CC[C@H](NC(=O)Cc2ccc(C(=N)N)cc2)C1=O. The summed E-state index contributed by atoms with van der Waals surface area (Å²) >= 11 is 0. The largest absolute Gasteiger partial charge is 0.481 e. The van der Waals surface area contributed by atoms with Crippen LogP contribution in [0.5, 0.6) is 0 Å². The first-order valence-corrected chi connectivity index (χ1v) is 15.1. The molecule has 0 radical (unpaired) electrons. The van der Waals surface area contributed by atoms with Crippen LogP contribution in [0.3, 0.4) is 0 Å². The fourth-order valence-corrected chi connectivity index (χ4v) is 8.46. The molecule has 6 rings (SSSR count). The Hall–Kier alpha value is -3.96. The van der Waals surface area contributed by atoms with Gasteiger partial charge in [-0.05, 0) is 80.1 Å². The Kier molecular flexibility index (Phi) is 8.75. The lowest BCUT2D eigenvalue weighted by Crippen LogP contribution is -2.56. The first-order valence-electron chi connectivity index (χ1n) is 15.1. The third kappa shape index (κ3) is 6.83. The average molecular weight is 596 g/mol. The van der Waals surface area contributed by atoms with Crippen LogP contribution in [-0.4, -0.2) is 77.3 Å². The van der Waals surface area contributed by atoms with Gasteiger partial charge in [-0.15, -0.1) is 0 Å². The number of nitrogens with two attached hydrogens (primary N) is 1. The van der Waals surface area contributed by atoms with Gasteiger partial charge in [-0.1, -0.05) is 24.3 Å². The van der Waals surface area contributed by atoms with Gasteiger partial charge in [0.05, 0.1) is 20.0 Å². The highest BCUT2D eigenvalue weighted by Crippen LogP contribution is 2.61. The molecule has 5 aliphatic rings.